The first-order valence-electron chi connectivity index (χ1n) is 17.3. The summed E-state index contributed by atoms with van der Waals surface area (Å²) in [4.78, 5) is 15.5. The molecule has 0 N–H and O–H groups in total. The molecule has 11 rings (SSSR count). The van der Waals surface area contributed by atoms with E-state index in [1.54, 1.807) is 0 Å². The molecule has 0 fully saturated rings. The molecule has 0 aliphatic heterocycles. The minimum absolute atomic E-state index is 0.594. The zero-order valence-electron chi connectivity index (χ0n) is 27.7. The van der Waals surface area contributed by atoms with Crippen molar-refractivity contribution < 1.29 is 4.42 Å². The first-order chi connectivity index (χ1) is 25.7. The van der Waals surface area contributed by atoms with Gasteiger partial charge in [-0.3, -0.25) is 0 Å². The molecule has 3 heterocycles. The lowest BCUT2D eigenvalue weighted by atomic mass is 9.94. The van der Waals surface area contributed by atoms with Crippen LogP contribution in [0.2, 0.25) is 0 Å². The number of para-hydroxylation sites is 1. The Labute approximate surface area is 302 Å². The van der Waals surface area contributed by atoms with E-state index >= 15 is 0 Å². The monoisotopic (exact) mass is 681 g/mol. The second kappa shape index (κ2) is 11.4. The Hall–Kier alpha value is -6.69. The van der Waals surface area contributed by atoms with E-state index in [-0.39, 0.29) is 0 Å². The van der Waals surface area contributed by atoms with E-state index < -0.39 is 0 Å². The van der Waals surface area contributed by atoms with Crippen LogP contribution < -0.4 is 0 Å². The van der Waals surface area contributed by atoms with Crippen LogP contribution in [-0.2, 0) is 0 Å². The van der Waals surface area contributed by atoms with E-state index in [0.717, 1.165) is 55.0 Å². The van der Waals surface area contributed by atoms with E-state index in [0.29, 0.717) is 17.5 Å². The van der Waals surface area contributed by atoms with Crippen molar-refractivity contribution in [1.29, 1.82) is 0 Å². The number of thiophene rings is 1. The Morgan fingerprint density at radius 1 is 0.365 bits per heavy atom. The van der Waals surface area contributed by atoms with Crippen molar-refractivity contribution in [3.63, 3.8) is 0 Å². The van der Waals surface area contributed by atoms with Gasteiger partial charge in [-0.05, 0) is 69.6 Å². The molecule has 0 aliphatic rings. The van der Waals surface area contributed by atoms with Gasteiger partial charge >= 0.3 is 0 Å². The maximum Gasteiger partial charge on any atom is 0.164 e. The smallest absolute Gasteiger partial charge is 0.164 e. The Morgan fingerprint density at radius 2 is 0.981 bits per heavy atom. The normalized spacial score (nSPS) is 11.8. The van der Waals surface area contributed by atoms with Crippen LogP contribution in [0, 0.1) is 0 Å². The standard InChI is InChI=1S/C47H27N3OS/c1-2-11-29-24-31(21-20-28(29)10-1)45-48-46(32-22-23-36-35-14-5-7-18-41(35)51-42(36)27-32)50-47(49-45)33-25-30-12-3-4-13-34(30)40(26-33)39-17-9-16-38-37-15-6-8-19-43(37)52-44(38)39/h1-27H. The fourth-order valence-electron chi connectivity index (χ4n) is 7.58. The highest BCUT2D eigenvalue weighted by Gasteiger charge is 2.18. The summed E-state index contributed by atoms with van der Waals surface area (Å²) in [6, 6.07) is 57.5. The van der Waals surface area contributed by atoms with Crippen molar-refractivity contribution in [2.45, 2.75) is 0 Å². The number of furan rings is 1. The van der Waals surface area contributed by atoms with Crippen LogP contribution in [0.15, 0.2) is 168 Å². The zero-order chi connectivity index (χ0) is 34.2. The summed E-state index contributed by atoms with van der Waals surface area (Å²) >= 11 is 1.85. The van der Waals surface area contributed by atoms with Crippen molar-refractivity contribution in [3.05, 3.63) is 164 Å². The van der Waals surface area contributed by atoms with Crippen LogP contribution in [0.3, 0.4) is 0 Å². The minimum atomic E-state index is 0.594. The molecule has 0 aliphatic carbocycles. The molecule has 5 heteroatoms. The molecular formula is C47H27N3OS. The molecule has 242 valence electrons. The van der Waals surface area contributed by atoms with Gasteiger partial charge in [0.15, 0.2) is 17.5 Å². The van der Waals surface area contributed by atoms with Gasteiger partial charge in [-0.1, -0.05) is 121 Å². The summed E-state index contributed by atoms with van der Waals surface area (Å²) in [6.45, 7) is 0. The zero-order valence-corrected chi connectivity index (χ0v) is 28.6. The van der Waals surface area contributed by atoms with Gasteiger partial charge in [0.1, 0.15) is 11.2 Å². The van der Waals surface area contributed by atoms with Crippen LogP contribution >= 0.6 is 11.3 Å². The molecule has 4 nitrogen and oxygen atoms in total. The topological polar surface area (TPSA) is 51.8 Å². The fourth-order valence-corrected chi connectivity index (χ4v) is 8.81. The van der Waals surface area contributed by atoms with E-state index in [1.165, 1.54) is 36.5 Å². The van der Waals surface area contributed by atoms with Gasteiger partial charge in [0, 0.05) is 53.2 Å². The Kier molecular flexibility index (Phi) is 6.39. The van der Waals surface area contributed by atoms with Crippen molar-refractivity contribution >= 4 is 75.0 Å². The van der Waals surface area contributed by atoms with Gasteiger partial charge in [-0.15, -0.1) is 11.3 Å². The first-order valence-corrected chi connectivity index (χ1v) is 18.2. The highest BCUT2D eigenvalue weighted by atomic mass is 32.1. The lowest BCUT2D eigenvalue weighted by molar-refractivity contribution is 0.669. The lowest BCUT2D eigenvalue weighted by Gasteiger charge is -2.13. The number of fused-ring (bicyclic) bond motifs is 8. The number of nitrogens with zero attached hydrogens (tertiary/aromatic N) is 3. The molecule has 8 aromatic carbocycles. The van der Waals surface area contributed by atoms with Gasteiger partial charge in [0.05, 0.1) is 0 Å². The Bertz CT molecular complexity index is 3210. The summed E-state index contributed by atoms with van der Waals surface area (Å²) in [7, 11) is 0. The number of rotatable bonds is 4. The Balaban J connectivity index is 1.15. The molecule has 0 unspecified atom stereocenters. The van der Waals surface area contributed by atoms with Crippen molar-refractivity contribution in [2.24, 2.45) is 0 Å². The second-order valence-corrected chi connectivity index (χ2v) is 14.3. The maximum atomic E-state index is 6.29. The summed E-state index contributed by atoms with van der Waals surface area (Å²) < 4.78 is 8.85. The molecule has 0 bridgehead atoms. The van der Waals surface area contributed by atoms with E-state index in [9.17, 15) is 0 Å². The maximum absolute atomic E-state index is 6.29. The van der Waals surface area contributed by atoms with Crippen LogP contribution in [-0.4, -0.2) is 15.0 Å². The third kappa shape index (κ3) is 4.64. The second-order valence-electron chi connectivity index (χ2n) is 13.2. The summed E-state index contributed by atoms with van der Waals surface area (Å²) in [5.74, 6) is 1.84. The molecule has 3 aromatic heterocycles. The molecule has 0 saturated heterocycles. The number of aromatic nitrogens is 3. The van der Waals surface area contributed by atoms with Crippen molar-refractivity contribution in [2.75, 3.05) is 0 Å². The largest absolute Gasteiger partial charge is 0.456 e. The van der Waals surface area contributed by atoms with Crippen LogP contribution in [0.4, 0.5) is 0 Å². The van der Waals surface area contributed by atoms with Gasteiger partial charge in [0.2, 0.25) is 0 Å². The summed E-state index contributed by atoms with van der Waals surface area (Å²) in [5.41, 5.74) is 6.76. The number of benzene rings is 8. The molecule has 0 radical (unpaired) electrons. The molecule has 52 heavy (non-hydrogen) atoms. The van der Waals surface area contributed by atoms with Crippen LogP contribution in [0.1, 0.15) is 0 Å². The minimum Gasteiger partial charge on any atom is -0.456 e. The lowest BCUT2D eigenvalue weighted by Crippen LogP contribution is -2.00. The average molecular weight is 682 g/mol. The SMILES string of the molecule is c1ccc2cc(-c3nc(-c4cc(-c5cccc6c5sc5ccccc56)c5ccccc5c4)nc(-c4ccc5c(c4)oc4ccccc45)n3)ccc2c1. The van der Waals surface area contributed by atoms with Crippen LogP contribution in [0.25, 0.3) is 109 Å². The number of hydrogen-bond acceptors (Lipinski definition) is 5. The fraction of sp³-hybridized carbons (Fsp3) is 0. The quantitative estimate of drug-likeness (QED) is 0.185. The molecular weight excluding hydrogens is 655 g/mol. The van der Waals surface area contributed by atoms with Crippen molar-refractivity contribution in [1.82, 2.24) is 15.0 Å². The van der Waals surface area contributed by atoms with Gasteiger partial charge < -0.3 is 4.42 Å². The Morgan fingerprint density at radius 3 is 1.85 bits per heavy atom. The average Bonchev–Trinajstić information content (AvgIpc) is 3.78. The van der Waals surface area contributed by atoms with E-state index in [1.807, 2.05) is 35.6 Å². The molecule has 0 amide bonds. The summed E-state index contributed by atoms with van der Waals surface area (Å²) in [5, 5.41) is 9.35. The van der Waals surface area contributed by atoms with E-state index in [4.69, 9.17) is 19.4 Å². The first kappa shape index (κ1) is 29.1. The molecule has 11 aromatic rings. The van der Waals surface area contributed by atoms with E-state index in [2.05, 4.69) is 140 Å². The third-order valence-electron chi connectivity index (χ3n) is 10.1. The number of hydrogen-bond donors (Lipinski definition) is 0. The predicted octanol–water partition coefficient (Wildman–Crippen LogP) is 13.1. The molecule has 0 saturated carbocycles. The third-order valence-corrected chi connectivity index (χ3v) is 11.3. The molecule has 0 atom stereocenters. The van der Waals surface area contributed by atoms with Crippen LogP contribution in [0.5, 0.6) is 0 Å². The van der Waals surface area contributed by atoms with Gasteiger partial charge in [0.25, 0.3) is 0 Å². The van der Waals surface area contributed by atoms with Gasteiger partial charge in [-0.2, -0.15) is 0 Å². The van der Waals surface area contributed by atoms with Gasteiger partial charge in [-0.25, -0.2) is 15.0 Å². The highest BCUT2D eigenvalue weighted by molar-refractivity contribution is 7.26. The predicted molar refractivity (Wildman–Crippen MR) is 217 cm³/mol. The summed E-state index contributed by atoms with van der Waals surface area (Å²) in [6.07, 6.45) is 0. The van der Waals surface area contributed by atoms with Crippen molar-refractivity contribution in [3.8, 4) is 45.3 Å². The highest BCUT2D eigenvalue weighted by Crippen LogP contribution is 2.43. The molecule has 0 spiro atoms.